The second-order valence-electron chi connectivity index (χ2n) is 2.81. The Morgan fingerprint density at radius 3 is 1.46 bits per heavy atom. The summed E-state index contributed by atoms with van der Waals surface area (Å²) in [4.78, 5) is 0. The van der Waals surface area contributed by atoms with Crippen LogP contribution in [0.1, 0.15) is 0 Å². The summed E-state index contributed by atoms with van der Waals surface area (Å²) in [6, 6.07) is 0. The Morgan fingerprint density at radius 2 is 1.23 bits per heavy atom. The van der Waals surface area contributed by atoms with Crippen molar-refractivity contribution >= 4 is 0 Å². The van der Waals surface area contributed by atoms with Gasteiger partial charge in [0.2, 0.25) is 0 Å². The summed E-state index contributed by atoms with van der Waals surface area (Å²) >= 11 is 0. The standard InChI is InChI=1S/C8H22N4O/c1-9-5-7(11-3)13-8(12-4)6-10-2/h7-12H,5-6H2,1-4H3. The molecule has 80 valence electrons. The van der Waals surface area contributed by atoms with Gasteiger partial charge >= 0.3 is 0 Å². The molecule has 0 fully saturated rings. The summed E-state index contributed by atoms with van der Waals surface area (Å²) in [5.41, 5.74) is 0. The van der Waals surface area contributed by atoms with E-state index in [1.165, 1.54) is 0 Å². The number of likely N-dealkylation sites (N-methyl/N-ethyl adjacent to an activating group) is 4. The second kappa shape index (κ2) is 8.40. The highest BCUT2D eigenvalue weighted by molar-refractivity contribution is 4.60. The van der Waals surface area contributed by atoms with E-state index < -0.39 is 0 Å². The van der Waals surface area contributed by atoms with Crippen LogP contribution in [-0.4, -0.2) is 53.7 Å². The minimum Gasteiger partial charge on any atom is -0.343 e. The molecule has 0 aromatic rings. The Morgan fingerprint density at radius 1 is 0.846 bits per heavy atom. The van der Waals surface area contributed by atoms with Crippen LogP contribution in [0, 0.1) is 0 Å². The zero-order valence-electron chi connectivity index (χ0n) is 8.98. The number of hydrogen-bond donors (Lipinski definition) is 4. The van der Waals surface area contributed by atoms with Crippen LogP contribution in [0.4, 0.5) is 0 Å². The fourth-order valence-electron chi connectivity index (χ4n) is 1.01. The van der Waals surface area contributed by atoms with Gasteiger partial charge in [-0.3, -0.25) is 10.6 Å². The van der Waals surface area contributed by atoms with Crippen LogP contribution in [0.2, 0.25) is 0 Å². The molecule has 0 aromatic heterocycles. The van der Waals surface area contributed by atoms with Crippen molar-refractivity contribution in [3.05, 3.63) is 0 Å². The molecule has 2 unspecified atom stereocenters. The molecular weight excluding hydrogens is 168 g/mol. The van der Waals surface area contributed by atoms with E-state index in [1.807, 2.05) is 28.2 Å². The van der Waals surface area contributed by atoms with E-state index in [2.05, 4.69) is 21.3 Å². The van der Waals surface area contributed by atoms with E-state index in [9.17, 15) is 0 Å². The molecule has 0 rings (SSSR count). The van der Waals surface area contributed by atoms with Crippen molar-refractivity contribution in [2.24, 2.45) is 0 Å². The van der Waals surface area contributed by atoms with Crippen LogP contribution in [0.3, 0.4) is 0 Å². The van der Waals surface area contributed by atoms with Crippen molar-refractivity contribution < 1.29 is 4.74 Å². The molecule has 0 bridgehead atoms. The van der Waals surface area contributed by atoms with Gasteiger partial charge < -0.3 is 15.4 Å². The van der Waals surface area contributed by atoms with Gasteiger partial charge in [-0.15, -0.1) is 0 Å². The van der Waals surface area contributed by atoms with E-state index in [-0.39, 0.29) is 12.5 Å². The topological polar surface area (TPSA) is 57.4 Å². The van der Waals surface area contributed by atoms with Crippen molar-refractivity contribution in [1.82, 2.24) is 21.3 Å². The van der Waals surface area contributed by atoms with Crippen LogP contribution < -0.4 is 21.3 Å². The number of rotatable bonds is 8. The maximum Gasteiger partial charge on any atom is 0.122 e. The van der Waals surface area contributed by atoms with Gasteiger partial charge in [-0.05, 0) is 28.2 Å². The SMILES string of the molecule is CNCC(NC)OC(CNC)NC. The Kier molecular flexibility index (Phi) is 8.27. The van der Waals surface area contributed by atoms with Gasteiger partial charge in [0, 0.05) is 13.1 Å². The van der Waals surface area contributed by atoms with Gasteiger partial charge in [-0.25, -0.2) is 0 Å². The lowest BCUT2D eigenvalue weighted by Gasteiger charge is -2.23. The van der Waals surface area contributed by atoms with Crippen LogP contribution in [0.25, 0.3) is 0 Å². The first kappa shape index (κ1) is 12.8. The average molecular weight is 190 g/mol. The highest BCUT2D eigenvalue weighted by atomic mass is 16.5. The molecule has 2 atom stereocenters. The lowest BCUT2D eigenvalue weighted by atomic mass is 10.5. The number of nitrogens with one attached hydrogen (secondary N) is 4. The van der Waals surface area contributed by atoms with Crippen LogP contribution >= 0.6 is 0 Å². The van der Waals surface area contributed by atoms with Gasteiger partial charge in [0.05, 0.1) is 0 Å². The second-order valence-corrected chi connectivity index (χ2v) is 2.81. The highest BCUT2D eigenvalue weighted by Gasteiger charge is 2.11. The van der Waals surface area contributed by atoms with Crippen LogP contribution in [-0.2, 0) is 4.74 Å². The molecule has 4 N–H and O–H groups in total. The van der Waals surface area contributed by atoms with Crippen LogP contribution in [0.15, 0.2) is 0 Å². The van der Waals surface area contributed by atoms with Gasteiger partial charge in [-0.1, -0.05) is 0 Å². The van der Waals surface area contributed by atoms with Gasteiger partial charge in [0.1, 0.15) is 12.5 Å². The molecule has 0 aliphatic heterocycles. The van der Waals surface area contributed by atoms with Crippen LogP contribution in [0.5, 0.6) is 0 Å². The summed E-state index contributed by atoms with van der Waals surface area (Å²) in [6.45, 7) is 1.58. The Bertz CT molecular complexity index is 100. The van der Waals surface area contributed by atoms with Crippen molar-refractivity contribution in [3.8, 4) is 0 Å². The molecule has 0 aromatic carbocycles. The third kappa shape index (κ3) is 5.95. The van der Waals surface area contributed by atoms with Crippen molar-refractivity contribution in [3.63, 3.8) is 0 Å². The predicted molar refractivity (Wildman–Crippen MR) is 54.6 cm³/mol. The summed E-state index contributed by atoms with van der Waals surface area (Å²) in [5.74, 6) is 0. The molecule has 0 spiro atoms. The lowest BCUT2D eigenvalue weighted by Crippen LogP contribution is -2.46. The lowest BCUT2D eigenvalue weighted by molar-refractivity contribution is -0.0356. The summed E-state index contributed by atoms with van der Waals surface area (Å²) in [7, 11) is 7.57. The van der Waals surface area contributed by atoms with E-state index in [0.29, 0.717) is 0 Å². The Hall–Kier alpha value is -0.200. The van der Waals surface area contributed by atoms with Gasteiger partial charge in [-0.2, -0.15) is 0 Å². The van der Waals surface area contributed by atoms with E-state index in [0.717, 1.165) is 13.1 Å². The highest BCUT2D eigenvalue weighted by Crippen LogP contribution is 1.90. The third-order valence-corrected chi connectivity index (χ3v) is 1.75. The minimum absolute atomic E-state index is 0.0378. The minimum atomic E-state index is 0.0378. The molecule has 13 heavy (non-hydrogen) atoms. The molecule has 0 saturated carbocycles. The largest absolute Gasteiger partial charge is 0.343 e. The number of ether oxygens (including phenoxy) is 1. The maximum absolute atomic E-state index is 5.68. The van der Waals surface area contributed by atoms with Gasteiger partial charge in [0.15, 0.2) is 0 Å². The zero-order chi connectivity index (χ0) is 10.1. The summed E-state index contributed by atoms with van der Waals surface area (Å²) in [6.07, 6.45) is 0.0756. The average Bonchev–Trinajstić information content (AvgIpc) is 2.16. The summed E-state index contributed by atoms with van der Waals surface area (Å²) < 4.78 is 5.68. The molecule has 0 radical (unpaired) electrons. The molecule has 0 amide bonds. The molecule has 0 heterocycles. The van der Waals surface area contributed by atoms with Crippen molar-refractivity contribution in [1.29, 1.82) is 0 Å². The first-order valence-electron chi connectivity index (χ1n) is 4.57. The molecule has 0 aliphatic carbocycles. The molecule has 5 heteroatoms. The third-order valence-electron chi connectivity index (χ3n) is 1.75. The zero-order valence-corrected chi connectivity index (χ0v) is 8.98. The van der Waals surface area contributed by atoms with Crippen molar-refractivity contribution in [2.75, 3.05) is 41.3 Å². The number of hydrogen-bond acceptors (Lipinski definition) is 5. The molecule has 0 saturated heterocycles. The summed E-state index contributed by atoms with van der Waals surface area (Å²) in [5, 5.41) is 12.3. The smallest absolute Gasteiger partial charge is 0.122 e. The van der Waals surface area contributed by atoms with E-state index >= 15 is 0 Å². The Labute approximate surface area is 80.6 Å². The first-order valence-corrected chi connectivity index (χ1v) is 4.57. The van der Waals surface area contributed by atoms with Crippen molar-refractivity contribution in [2.45, 2.75) is 12.5 Å². The fourth-order valence-corrected chi connectivity index (χ4v) is 1.01. The molecular formula is C8H22N4O. The molecule has 0 aliphatic rings. The van der Waals surface area contributed by atoms with Gasteiger partial charge in [0.25, 0.3) is 0 Å². The first-order chi connectivity index (χ1) is 6.28. The maximum atomic E-state index is 5.68. The predicted octanol–water partition coefficient (Wildman–Crippen LogP) is -1.47. The fraction of sp³-hybridized carbons (Fsp3) is 1.00. The monoisotopic (exact) mass is 190 g/mol. The Balaban J connectivity index is 3.73. The quantitative estimate of drug-likeness (QED) is 0.352. The van der Waals surface area contributed by atoms with E-state index in [4.69, 9.17) is 4.74 Å². The van der Waals surface area contributed by atoms with E-state index in [1.54, 1.807) is 0 Å². The molecule has 5 nitrogen and oxygen atoms in total. The normalized spacial score (nSPS) is 15.7.